The van der Waals surface area contributed by atoms with Gasteiger partial charge in [0, 0.05) is 5.56 Å². The van der Waals surface area contributed by atoms with Gasteiger partial charge in [-0.1, -0.05) is 54.6 Å². The number of nitrogens with zero attached hydrogens (tertiary/aromatic N) is 2. The van der Waals surface area contributed by atoms with Crippen LogP contribution in [0.25, 0.3) is 11.3 Å². The summed E-state index contributed by atoms with van der Waals surface area (Å²) in [5, 5.41) is 11.0. The number of carbonyl (C=O) groups is 1. The molecule has 0 aliphatic rings. The molecule has 0 aliphatic heterocycles. The molecule has 0 saturated carbocycles. The van der Waals surface area contributed by atoms with Crippen molar-refractivity contribution in [3.05, 3.63) is 102 Å². The Morgan fingerprint density at radius 3 is 2.69 bits per heavy atom. The summed E-state index contributed by atoms with van der Waals surface area (Å²) < 4.78 is 11.2. The van der Waals surface area contributed by atoms with E-state index in [0.29, 0.717) is 29.5 Å². The van der Waals surface area contributed by atoms with Gasteiger partial charge in [-0.2, -0.15) is 10.2 Å². The molecule has 0 unspecified atom stereocenters. The second kappa shape index (κ2) is 10.1. The van der Waals surface area contributed by atoms with Gasteiger partial charge in [-0.05, 0) is 41.5 Å². The molecular formula is C25H22N4O3. The van der Waals surface area contributed by atoms with Crippen molar-refractivity contribution in [1.29, 1.82) is 0 Å². The monoisotopic (exact) mass is 426 g/mol. The van der Waals surface area contributed by atoms with E-state index in [9.17, 15) is 4.79 Å². The maximum Gasteiger partial charge on any atom is 0.289 e. The Bertz CT molecular complexity index is 1220. The molecule has 160 valence electrons. The van der Waals surface area contributed by atoms with Crippen molar-refractivity contribution < 1.29 is 14.3 Å². The summed E-state index contributed by atoms with van der Waals surface area (Å²) in [6, 6.07) is 26.5. The Morgan fingerprint density at radius 2 is 1.84 bits per heavy atom. The number of hydrogen-bond acceptors (Lipinski definition) is 5. The molecule has 0 saturated heterocycles. The quantitative estimate of drug-likeness (QED) is 0.322. The topological polar surface area (TPSA) is 88.6 Å². The molecule has 0 spiro atoms. The number of carbonyl (C=O) groups excluding carboxylic acids is 1. The maximum atomic E-state index is 12.4. The molecule has 0 fully saturated rings. The van der Waals surface area contributed by atoms with Crippen LogP contribution in [0.5, 0.6) is 11.5 Å². The largest absolute Gasteiger partial charge is 0.497 e. The fraction of sp³-hybridized carbons (Fsp3) is 0.0800. The van der Waals surface area contributed by atoms with Gasteiger partial charge in [-0.25, -0.2) is 5.43 Å². The summed E-state index contributed by atoms with van der Waals surface area (Å²) in [5.41, 5.74) is 6.06. The standard InChI is InChI=1S/C25H22N4O3/c1-31-20-11-7-10-19(14-20)16-26-29-25(30)23-15-22(27-28-23)21-12-5-6-13-24(21)32-17-18-8-3-2-4-9-18/h2-16H,17H2,1H3,(H,27,28)(H,29,30)/b26-16+. The summed E-state index contributed by atoms with van der Waals surface area (Å²) >= 11 is 0. The zero-order valence-electron chi connectivity index (χ0n) is 17.5. The Labute approximate surface area is 185 Å². The molecule has 1 amide bonds. The van der Waals surface area contributed by atoms with E-state index in [1.54, 1.807) is 19.4 Å². The second-order valence-electron chi connectivity index (χ2n) is 6.91. The number of nitrogens with one attached hydrogen (secondary N) is 2. The third kappa shape index (κ3) is 5.20. The molecule has 0 bridgehead atoms. The first-order valence-corrected chi connectivity index (χ1v) is 10.0. The fourth-order valence-electron chi connectivity index (χ4n) is 3.06. The first-order chi connectivity index (χ1) is 15.7. The molecule has 2 N–H and O–H groups in total. The highest BCUT2D eigenvalue weighted by Gasteiger charge is 2.13. The van der Waals surface area contributed by atoms with Gasteiger partial charge < -0.3 is 9.47 Å². The lowest BCUT2D eigenvalue weighted by molar-refractivity contribution is 0.0950. The van der Waals surface area contributed by atoms with E-state index in [1.807, 2.05) is 78.9 Å². The van der Waals surface area contributed by atoms with Crippen molar-refractivity contribution >= 4 is 12.1 Å². The van der Waals surface area contributed by atoms with E-state index in [4.69, 9.17) is 9.47 Å². The van der Waals surface area contributed by atoms with Crippen LogP contribution in [0.3, 0.4) is 0 Å². The number of methoxy groups -OCH3 is 1. The van der Waals surface area contributed by atoms with Gasteiger partial charge in [-0.15, -0.1) is 0 Å². The lowest BCUT2D eigenvalue weighted by Crippen LogP contribution is -2.18. The van der Waals surface area contributed by atoms with Crippen molar-refractivity contribution in [1.82, 2.24) is 15.6 Å². The molecule has 1 aromatic heterocycles. The molecule has 7 heteroatoms. The summed E-state index contributed by atoms with van der Waals surface area (Å²) in [6.45, 7) is 0.439. The number of rotatable bonds is 8. The Hall–Kier alpha value is -4.39. The minimum atomic E-state index is -0.398. The molecular weight excluding hydrogens is 404 g/mol. The zero-order chi connectivity index (χ0) is 22.2. The average molecular weight is 426 g/mol. The first-order valence-electron chi connectivity index (χ1n) is 10.0. The van der Waals surface area contributed by atoms with Crippen LogP contribution in [0.1, 0.15) is 21.6 Å². The van der Waals surface area contributed by atoms with Crippen molar-refractivity contribution in [3.8, 4) is 22.8 Å². The van der Waals surface area contributed by atoms with Crippen LogP contribution in [0, 0.1) is 0 Å². The second-order valence-corrected chi connectivity index (χ2v) is 6.91. The third-order valence-corrected chi connectivity index (χ3v) is 4.70. The van der Waals surface area contributed by atoms with Crippen LogP contribution < -0.4 is 14.9 Å². The van der Waals surface area contributed by atoms with Gasteiger partial charge in [-0.3, -0.25) is 9.89 Å². The van der Waals surface area contributed by atoms with E-state index in [1.165, 1.54) is 0 Å². The smallest absolute Gasteiger partial charge is 0.289 e. The third-order valence-electron chi connectivity index (χ3n) is 4.70. The number of para-hydroxylation sites is 1. The van der Waals surface area contributed by atoms with E-state index < -0.39 is 5.91 Å². The molecule has 0 aliphatic carbocycles. The lowest BCUT2D eigenvalue weighted by atomic mass is 10.1. The van der Waals surface area contributed by atoms with Gasteiger partial charge in [0.2, 0.25) is 0 Å². The van der Waals surface area contributed by atoms with Gasteiger partial charge in [0.25, 0.3) is 5.91 Å². The normalized spacial score (nSPS) is 10.8. The van der Waals surface area contributed by atoms with Crippen LogP contribution in [0.2, 0.25) is 0 Å². The van der Waals surface area contributed by atoms with Crippen molar-refractivity contribution in [2.45, 2.75) is 6.61 Å². The number of aromatic nitrogens is 2. The zero-order valence-corrected chi connectivity index (χ0v) is 17.5. The fourth-order valence-corrected chi connectivity index (χ4v) is 3.06. The van der Waals surface area contributed by atoms with Gasteiger partial charge in [0.05, 0.1) is 19.0 Å². The minimum Gasteiger partial charge on any atom is -0.497 e. The van der Waals surface area contributed by atoms with E-state index in [0.717, 1.165) is 16.7 Å². The summed E-state index contributed by atoms with van der Waals surface area (Å²) in [7, 11) is 1.60. The van der Waals surface area contributed by atoms with E-state index >= 15 is 0 Å². The molecule has 4 aromatic rings. The van der Waals surface area contributed by atoms with Crippen LogP contribution in [-0.4, -0.2) is 29.4 Å². The number of hydrogen-bond donors (Lipinski definition) is 2. The highest BCUT2D eigenvalue weighted by molar-refractivity contribution is 5.94. The number of hydrazone groups is 1. The number of benzene rings is 3. The Kier molecular flexibility index (Phi) is 6.57. The highest BCUT2D eigenvalue weighted by Crippen LogP contribution is 2.29. The highest BCUT2D eigenvalue weighted by atomic mass is 16.5. The van der Waals surface area contributed by atoms with Crippen LogP contribution in [0.15, 0.2) is 90.0 Å². The van der Waals surface area contributed by atoms with Crippen molar-refractivity contribution in [2.24, 2.45) is 5.10 Å². The Morgan fingerprint density at radius 1 is 1.03 bits per heavy atom. The molecule has 0 radical (unpaired) electrons. The molecule has 1 heterocycles. The van der Waals surface area contributed by atoms with Crippen molar-refractivity contribution in [3.63, 3.8) is 0 Å². The Balaban J connectivity index is 1.43. The molecule has 32 heavy (non-hydrogen) atoms. The van der Waals surface area contributed by atoms with Gasteiger partial charge >= 0.3 is 0 Å². The molecule has 7 nitrogen and oxygen atoms in total. The van der Waals surface area contributed by atoms with E-state index in [2.05, 4.69) is 20.7 Å². The maximum absolute atomic E-state index is 12.4. The molecule has 4 rings (SSSR count). The first kappa shape index (κ1) is 20.9. The summed E-state index contributed by atoms with van der Waals surface area (Å²) in [4.78, 5) is 12.4. The van der Waals surface area contributed by atoms with Crippen LogP contribution in [0.4, 0.5) is 0 Å². The SMILES string of the molecule is COc1cccc(/C=N/NC(=O)c2cc(-c3ccccc3OCc3ccccc3)n[nH]2)c1. The van der Waals surface area contributed by atoms with Crippen LogP contribution in [-0.2, 0) is 6.61 Å². The van der Waals surface area contributed by atoms with Gasteiger partial charge in [0.15, 0.2) is 0 Å². The predicted molar refractivity (Wildman–Crippen MR) is 123 cm³/mol. The van der Waals surface area contributed by atoms with Gasteiger partial charge in [0.1, 0.15) is 23.8 Å². The minimum absolute atomic E-state index is 0.292. The summed E-state index contributed by atoms with van der Waals surface area (Å²) in [6.07, 6.45) is 1.55. The molecule has 0 atom stereocenters. The predicted octanol–water partition coefficient (Wildman–Crippen LogP) is 4.43. The number of H-pyrrole nitrogens is 1. The van der Waals surface area contributed by atoms with E-state index in [-0.39, 0.29) is 0 Å². The lowest BCUT2D eigenvalue weighted by Gasteiger charge is -2.10. The number of ether oxygens (including phenoxy) is 2. The summed E-state index contributed by atoms with van der Waals surface area (Å²) in [5.74, 6) is 1.00. The molecule has 3 aromatic carbocycles. The number of aromatic amines is 1. The average Bonchev–Trinajstić information content (AvgIpc) is 3.34. The number of amides is 1. The van der Waals surface area contributed by atoms with Crippen LogP contribution >= 0.6 is 0 Å². The van der Waals surface area contributed by atoms with Crippen molar-refractivity contribution in [2.75, 3.05) is 7.11 Å².